The van der Waals surface area contributed by atoms with E-state index in [1.54, 1.807) is 24.4 Å². The molecule has 2 aromatic rings. The highest BCUT2D eigenvalue weighted by Crippen LogP contribution is 2.40. The average molecular weight is 457 g/mol. The van der Waals surface area contributed by atoms with E-state index >= 15 is 0 Å². The van der Waals surface area contributed by atoms with Gasteiger partial charge in [0.15, 0.2) is 0 Å². The minimum absolute atomic E-state index is 0.136. The Balaban J connectivity index is 1.62. The van der Waals surface area contributed by atoms with Gasteiger partial charge in [-0.25, -0.2) is 0 Å². The highest BCUT2D eigenvalue weighted by Gasteiger charge is 2.31. The molecule has 1 saturated heterocycles. The summed E-state index contributed by atoms with van der Waals surface area (Å²) in [5.74, 6) is 1.98. The fourth-order valence-corrected chi connectivity index (χ4v) is 4.18. The minimum Gasteiger partial charge on any atom is -0.488 e. The summed E-state index contributed by atoms with van der Waals surface area (Å²) in [6, 6.07) is 8.87. The number of benzene rings is 1. The van der Waals surface area contributed by atoms with Crippen LogP contribution < -0.4 is 19.7 Å². The highest BCUT2D eigenvalue weighted by atomic mass is 19.3. The Kier molecular flexibility index (Phi) is 7.32. The van der Waals surface area contributed by atoms with Crippen molar-refractivity contribution in [2.24, 2.45) is 0 Å². The molecule has 6 nitrogen and oxygen atoms in total. The van der Waals surface area contributed by atoms with Gasteiger partial charge in [-0.05, 0) is 56.0 Å². The molecular formula is C25H30F2N4O2. The lowest BCUT2D eigenvalue weighted by molar-refractivity contribution is -0.0498. The molecule has 1 aromatic carbocycles. The van der Waals surface area contributed by atoms with Crippen molar-refractivity contribution in [1.29, 1.82) is 0 Å². The third-order valence-electron chi connectivity index (χ3n) is 5.88. The lowest BCUT2D eigenvalue weighted by Gasteiger charge is -2.41. The maximum absolute atomic E-state index is 12.6. The third kappa shape index (κ3) is 5.74. The summed E-state index contributed by atoms with van der Waals surface area (Å²) in [5, 5.41) is 3.24. The fraction of sp³-hybridized carbons (Fsp3) is 0.400. The number of anilines is 2. The average Bonchev–Trinajstić information content (AvgIpc) is 3.64. The van der Waals surface area contributed by atoms with E-state index in [2.05, 4.69) is 31.4 Å². The number of nitrogens with one attached hydrogen (secondary N) is 1. The first-order chi connectivity index (χ1) is 16.1. The maximum atomic E-state index is 12.6. The van der Waals surface area contributed by atoms with Crippen LogP contribution in [0.4, 0.5) is 20.2 Å². The van der Waals surface area contributed by atoms with Crippen molar-refractivity contribution in [3.8, 4) is 11.5 Å². The number of nitrogens with zero attached hydrogens (tertiary/aromatic N) is 3. The van der Waals surface area contributed by atoms with Gasteiger partial charge in [0.1, 0.15) is 23.0 Å². The van der Waals surface area contributed by atoms with E-state index in [4.69, 9.17) is 4.74 Å². The van der Waals surface area contributed by atoms with Crippen LogP contribution in [0.1, 0.15) is 25.7 Å². The summed E-state index contributed by atoms with van der Waals surface area (Å²) < 4.78 is 36.0. The van der Waals surface area contributed by atoms with Crippen LogP contribution in [0.2, 0.25) is 0 Å². The molecule has 1 aliphatic carbocycles. The maximum Gasteiger partial charge on any atom is 0.387 e. The van der Waals surface area contributed by atoms with Crippen LogP contribution in [0.5, 0.6) is 11.5 Å². The second kappa shape index (κ2) is 10.6. The van der Waals surface area contributed by atoms with Crippen molar-refractivity contribution in [3.63, 3.8) is 0 Å². The van der Waals surface area contributed by atoms with E-state index in [1.807, 2.05) is 37.5 Å². The van der Waals surface area contributed by atoms with E-state index in [-0.39, 0.29) is 17.9 Å². The zero-order valence-electron chi connectivity index (χ0n) is 18.8. The van der Waals surface area contributed by atoms with Gasteiger partial charge in [-0.15, -0.1) is 0 Å². The van der Waals surface area contributed by atoms with E-state index in [9.17, 15) is 8.78 Å². The minimum atomic E-state index is -2.85. The number of hydrogen-bond donors (Lipinski definition) is 1. The number of allylic oxidation sites excluding steroid dienone is 2. The summed E-state index contributed by atoms with van der Waals surface area (Å²) in [7, 11) is 1.91. The van der Waals surface area contributed by atoms with E-state index in [0.29, 0.717) is 0 Å². The number of piperidine rings is 1. The van der Waals surface area contributed by atoms with Crippen LogP contribution >= 0.6 is 0 Å². The first kappa shape index (κ1) is 22.9. The number of aromatic nitrogens is 1. The summed E-state index contributed by atoms with van der Waals surface area (Å²) in [4.78, 5) is 8.90. The van der Waals surface area contributed by atoms with Gasteiger partial charge >= 0.3 is 6.61 Å². The van der Waals surface area contributed by atoms with E-state index < -0.39 is 6.61 Å². The first-order valence-electron chi connectivity index (χ1n) is 11.3. The Morgan fingerprint density at radius 2 is 1.91 bits per heavy atom. The van der Waals surface area contributed by atoms with Gasteiger partial charge in [-0.1, -0.05) is 12.7 Å². The van der Waals surface area contributed by atoms with Gasteiger partial charge < -0.3 is 24.6 Å². The van der Waals surface area contributed by atoms with Crippen molar-refractivity contribution in [2.75, 3.05) is 25.0 Å². The molecule has 0 spiro atoms. The summed E-state index contributed by atoms with van der Waals surface area (Å²) >= 11 is 0. The van der Waals surface area contributed by atoms with E-state index in [1.165, 1.54) is 0 Å². The lowest BCUT2D eigenvalue weighted by Crippen LogP contribution is -2.44. The predicted octanol–water partition coefficient (Wildman–Crippen LogP) is 5.07. The Morgan fingerprint density at radius 3 is 2.52 bits per heavy atom. The highest BCUT2D eigenvalue weighted by molar-refractivity contribution is 5.69. The molecule has 0 bridgehead atoms. The Hall–Kier alpha value is -3.29. The van der Waals surface area contributed by atoms with Crippen molar-refractivity contribution in [3.05, 3.63) is 67.3 Å². The van der Waals surface area contributed by atoms with Crippen LogP contribution in [0.15, 0.2) is 67.3 Å². The van der Waals surface area contributed by atoms with Gasteiger partial charge in [0.05, 0.1) is 12.3 Å². The molecule has 1 aliphatic heterocycles. The van der Waals surface area contributed by atoms with Crippen molar-refractivity contribution >= 4 is 11.4 Å². The molecule has 0 amide bonds. The standard InChI is InChI=1S/C25H30F2N4O2/c1-3-4-24(28-2)30-15-12-19(13-16-30)31(18-5-7-21(8-6-18)33-25(26)27)22-17-29-14-11-23(22)32-20-9-10-20/h3-8,11,14,17,19-20,25,28H,1,9-10,12-13,15-16H2,2H3/b24-4+. The number of pyridine rings is 1. The number of halogens is 2. The van der Waals surface area contributed by atoms with Gasteiger partial charge in [0, 0.05) is 44.1 Å². The predicted molar refractivity (Wildman–Crippen MR) is 125 cm³/mol. The second-order valence-corrected chi connectivity index (χ2v) is 8.16. The molecule has 2 aliphatic rings. The second-order valence-electron chi connectivity index (χ2n) is 8.16. The normalized spacial score (nSPS) is 17.1. The van der Waals surface area contributed by atoms with Crippen molar-refractivity contribution in [1.82, 2.24) is 15.2 Å². The van der Waals surface area contributed by atoms with Gasteiger partial charge in [-0.2, -0.15) is 8.78 Å². The molecule has 176 valence electrons. The number of hydrogen-bond acceptors (Lipinski definition) is 6. The molecule has 33 heavy (non-hydrogen) atoms. The lowest BCUT2D eigenvalue weighted by atomic mass is 10.0. The molecule has 0 unspecified atom stereocenters. The molecular weight excluding hydrogens is 426 g/mol. The number of ether oxygens (including phenoxy) is 2. The first-order valence-corrected chi connectivity index (χ1v) is 11.3. The van der Waals surface area contributed by atoms with Crippen molar-refractivity contribution in [2.45, 2.75) is 44.4 Å². The molecule has 2 fully saturated rings. The molecule has 1 saturated carbocycles. The Morgan fingerprint density at radius 1 is 1.18 bits per heavy atom. The van der Waals surface area contributed by atoms with Crippen LogP contribution in [0.25, 0.3) is 0 Å². The number of alkyl halides is 2. The van der Waals surface area contributed by atoms with Gasteiger partial charge in [0.2, 0.25) is 0 Å². The molecule has 2 heterocycles. The number of likely N-dealkylation sites (tertiary alicyclic amines) is 1. The molecule has 1 N–H and O–H groups in total. The quantitative estimate of drug-likeness (QED) is 0.504. The summed E-state index contributed by atoms with van der Waals surface area (Å²) in [6.07, 6.45) is 11.5. The zero-order valence-corrected chi connectivity index (χ0v) is 18.8. The fourth-order valence-electron chi connectivity index (χ4n) is 4.18. The third-order valence-corrected chi connectivity index (χ3v) is 5.88. The van der Waals surface area contributed by atoms with Crippen LogP contribution in [0, 0.1) is 0 Å². The smallest absolute Gasteiger partial charge is 0.387 e. The molecule has 8 heteroatoms. The van der Waals surface area contributed by atoms with Crippen LogP contribution in [0.3, 0.4) is 0 Å². The summed E-state index contributed by atoms with van der Waals surface area (Å²) in [5.41, 5.74) is 1.78. The number of rotatable bonds is 10. The van der Waals surface area contributed by atoms with Crippen LogP contribution in [-0.4, -0.2) is 48.8 Å². The SMILES string of the molecule is C=C/C=C(\NC)N1CCC(N(c2ccc(OC(F)F)cc2)c2cnccc2OC2CC2)CC1. The largest absolute Gasteiger partial charge is 0.488 e. The van der Waals surface area contributed by atoms with Gasteiger partial charge in [0.25, 0.3) is 0 Å². The molecule has 0 atom stereocenters. The monoisotopic (exact) mass is 456 g/mol. The summed E-state index contributed by atoms with van der Waals surface area (Å²) in [6.45, 7) is 2.69. The Labute approximate surface area is 193 Å². The molecule has 0 radical (unpaired) electrons. The topological polar surface area (TPSA) is 49.9 Å². The van der Waals surface area contributed by atoms with Crippen molar-refractivity contribution < 1.29 is 18.3 Å². The molecule has 4 rings (SSSR count). The molecule has 1 aromatic heterocycles. The Bertz CT molecular complexity index is 955. The van der Waals surface area contributed by atoms with Gasteiger partial charge in [-0.3, -0.25) is 4.98 Å². The van der Waals surface area contributed by atoms with E-state index in [0.717, 1.165) is 61.7 Å². The zero-order chi connectivity index (χ0) is 23.2. The van der Waals surface area contributed by atoms with Crippen LogP contribution in [-0.2, 0) is 0 Å².